The molecule has 0 fully saturated rings. The first-order valence-electron chi connectivity index (χ1n) is 7.60. The molecule has 0 aliphatic heterocycles. The molecule has 0 rings (SSSR count). The first-order valence-corrected chi connectivity index (χ1v) is 9.49. The van der Waals surface area contributed by atoms with E-state index in [-0.39, 0.29) is 5.03 Å². The van der Waals surface area contributed by atoms with Gasteiger partial charge < -0.3 is 5.32 Å². The van der Waals surface area contributed by atoms with E-state index in [1.54, 1.807) is 6.08 Å². The molecule has 4 nitrogen and oxygen atoms in total. The number of hydrogen-bond acceptors (Lipinski definition) is 3. The average Bonchev–Trinajstić information content (AvgIpc) is 2.39. The lowest BCUT2D eigenvalue weighted by atomic mass is 10.1. The Morgan fingerprint density at radius 1 is 1.14 bits per heavy atom. The van der Waals surface area contributed by atoms with Crippen molar-refractivity contribution in [3.8, 4) is 0 Å². The lowest BCUT2D eigenvalue weighted by molar-refractivity contribution is 0.605. The van der Waals surface area contributed by atoms with Gasteiger partial charge in [-0.25, -0.2) is 8.42 Å². The van der Waals surface area contributed by atoms with Crippen LogP contribution in [-0.2, 0) is 9.84 Å². The summed E-state index contributed by atoms with van der Waals surface area (Å²) in [7, 11) is -3.27. The number of nitrogens with zero attached hydrogens (tertiary/aromatic N) is 1. The van der Waals surface area contributed by atoms with Gasteiger partial charge in [-0.05, 0) is 45.3 Å². The highest BCUT2D eigenvalue weighted by atomic mass is 32.2. The summed E-state index contributed by atoms with van der Waals surface area (Å²) in [5.41, 5.74) is 2.12. The molecule has 0 aliphatic carbocycles. The first-order chi connectivity index (χ1) is 9.73. The summed E-state index contributed by atoms with van der Waals surface area (Å²) < 4.78 is 23.6. The summed E-state index contributed by atoms with van der Waals surface area (Å²) in [6.07, 6.45) is 6.86. The Hall–Kier alpha value is -1.10. The molecule has 0 aliphatic rings. The normalized spacial score (nSPS) is 13.2. The van der Waals surface area contributed by atoms with Crippen molar-refractivity contribution < 1.29 is 8.42 Å². The van der Waals surface area contributed by atoms with E-state index in [1.165, 1.54) is 6.26 Å². The van der Waals surface area contributed by atoms with Crippen LogP contribution in [0.2, 0.25) is 0 Å². The number of allylic oxidation sites excluding steroid dienone is 2. The third kappa shape index (κ3) is 8.05. The van der Waals surface area contributed by atoms with E-state index in [9.17, 15) is 8.42 Å². The van der Waals surface area contributed by atoms with Crippen LogP contribution < -0.4 is 5.32 Å². The average molecular weight is 314 g/mol. The second-order valence-electron chi connectivity index (χ2n) is 5.44. The summed E-state index contributed by atoms with van der Waals surface area (Å²) >= 11 is 0. The van der Waals surface area contributed by atoms with Crippen LogP contribution in [0.15, 0.2) is 27.2 Å². The molecule has 1 N–H and O–H groups in total. The van der Waals surface area contributed by atoms with Gasteiger partial charge in [0.15, 0.2) is 9.84 Å². The summed E-state index contributed by atoms with van der Waals surface area (Å²) in [5.74, 6) is 0.663. The number of nitrogens with one attached hydrogen (secondary N) is 1. The van der Waals surface area contributed by atoms with Crippen molar-refractivity contribution in [3.05, 3.63) is 22.3 Å². The van der Waals surface area contributed by atoms with Gasteiger partial charge in [0.05, 0.1) is 0 Å². The summed E-state index contributed by atoms with van der Waals surface area (Å²) in [6.45, 7) is 10.7. The van der Waals surface area contributed by atoms with Crippen LogP contribution in [0.4, 0.5) is 0 Å². The number of rotatable bonds is 8. The number of unbranched alkanes of at least 4 members (excludes halogenated alkanes) is 2. The fourth-order valence-electron chi connectivity index (χ4n) is 1.64. The summed E-state index contributed by atoms with van der Waals surface area (Å²) in [6, 6.07) is 0. The molecule has 122 valence electrons. The Morgan fingerprint density at radius 3 is 2.19 bits per heavy atom. The zero-order chi connectivity index (χ0) is 16.5. The smallest absolute Gasteiger partial charge is 0.190 e. The van der Waals surface area contributed by atoms with Crippen molar-refractivity contribution in [2.24, 2.45) is 4.99 Å². The Labute approximate surface area is 130 Å². The van der Waals surface area contributed by atoms with Crippen molar-refractivity contribution in [2.45, 2.75) is 60.3 Å². The molecule has 0 spiro atoms. The molecular weight excluding hydrogens is 284 g/mol. The minimum absolute atomic E-state index is 0.236. The van der Waals surface area contributed by atoms with Gasteiger partial charge in [0.25, 0.3) is 0 Å². The minimum Gasteiger partial charge on any atom is -0.331 e. The monoisotopic (exact) mass is 314 g/mol. The highest BCUT2D eigenvalue weighted by Crippen LogP contribution is 2.09. The van der Waals surface area contributed by atoms with Gasteiger partial charge in [0, 0.05) is 12.8 Å². The topological polar surface area (TPSA) is 58.5 Å². The third-order valence-corrected chi connectivity index (χ3v) is 4.24. The molecule has 0 radical (unpaired) electrons. The molecule has 21 heavy (non-hydrogen) atoms. The lowest BCUT2D eigenvalue weighted by Crippen LogP contribution is -2.28. The lowest BCUT2D eigenvalue weighted by Gasteiger charge is -2.14. The van der Waals surface area contributed by atoms with Crippen LogP contribution in [-0.4, -0.2) is 27.1 Å². The molecule has 0 aromatic rings. The van der Waals surface area contributed by atoms with Gasteiger partial charge in [-0.2, -0.15) is 0 Å². The van der Waals surface area contributed by atoms with E-state index >= 15 is 0 Å². The van der Waals surface area contributed by atoms with Crippen LogP contribution in [0.5, 0.6) is 0 Å². The zero-order valence-corrected chi connectivity index (χ0v) is 15.1. The van der Waals surface area contributed by atoms with Crippen molar-refractivity contribution in [1.82, 2.24) is 5.32 Å². The highest BCUT2D eigenvalue weighted by molar-refractivity contribution is 7.94. The van der Waals surface area contributed by atoms with Crippen molar-refractivity contribution in [3.63, 3.8) is 0 Å². The Morgan fingerprint density at radius 2 is 1.76 bits per heavy atom. The number of amidine groups is 1. The van der Waals surface area contributed by atoms with Gasteiger partial charge in [0.1, 0.15) is 10.9 Å². The Bertz CT molecular complexity index is 510. The van der Waals surface area contributed by atoms with Crippen molar-refractivity contribution >= 4 is 15.7 Å². The van der Waals surface area contributed by atoms with E-state index in [2.05, 4.69) is 17.2 Å². The predicted molar refractivity (Wildman–Crippen MR) is 92.2 cm³/mol. The van der Waals surface area contributed by atoms with Gasteiger partial charge in [-0.1, -0.05) is 32.3 Å². The second kappa shape index (κ2) is 9.77. The third-order valence-electron chi connectivity index (χ3n) is 3.17. The fraction of sp³-hybridized carbons (Fsp3) is 0.688. The standard InChI is InChI=1S/C16H30N2O2S/c1-7-9-10-12-17-16(14(5)13(3)4)18-15(11-8-2)21(6,19)20/h11H,7-10,12H2,1-6H3,(H,17,18)/b15-11-. The molecule has 0 heterocycles. The molecule has 0 aromatic carbocycles. The van der Waals surface area contributed by atoms with Crippen LogP contribution in [0.1, 0.15) is 60.3 Å². The molecule has 0 saturated heterocycles. The predicted octanol–water partition coefficient (Wildman–Crippen LogP) is 3.82. The van der Waals surface area contributed by atoms with E-state index in [0.717, 1.165) is 30.4 Å². The second-order valence-corrected chi connectivity index (χ2v) is 7.42. The number of hydrogen-bond donors (Lipinski definition) is 1. The first kappa shape index (κ1) is 19.9. The van der Waals surface area contributed by atoms with E-state index in [1.807, 2.05) is 27.7 Å². The van der Waals surface area contributed by atoms with Crippen LogP contribution in [0.3, 0.4) is 0 Å². The molecule has 0 bridgehead atoms. The molecule has 0 amide bonds. The maximum atomic E-state index is 11.8. The highest BCUT2D eigenvalue weighted by Gasteiger charge is 2.14. The van der Waals surface area contributed by atoms with E-state index < -0.39 is 9.84 Å². The largest absolute Gasteiger partial charge is 0.331 e. The van der Waals surface area contributed by atoms with E-state index in [0.29, 0.717) is 18.8 Å². The van der Waals surface area contributed by atoms with Gasteiger partial charge in [0.2, 0.25) is 0 Å². The van der Waals surface area contributed by atoms with Crippen molar-refractivity contribution in [2.75, 3.05) is 12.8 Å². The van der Waals surface area contributed by atoms with E-state index in [4.69, 9.17) is 0 Å². The minimum atomic E-state index is -3.27. The van der Waals surface area contributed by atoms with Gasteiger partial charge in [-0.3, -0.25) is 4.99 Å². The molecular formula is C16H30N2O2S. The molecule has 5 heteroatoms. The SMILES string of the molecule is CC/C=C(/NC(=NCCCCC)C(C)=C(C)C)S(C)(=O)=O. The quantitative estimate of drug-likeness (QED) is 0.421. The molecule has 0 unspecified atom stereocenters. The van der Waals surface area contributed by atoms with Crippen LogP contribution in [0.25, 0.3) is 0 Å². The van der Waals surface area contributed by atoms with Gasteiger partial charge in [-0.15, -0.1) is 0 Å². The zero-order valence-electron chi connectivity index (χ0n) is 14.3. The maximum absolute atomic E-state index is 11.8. The fourth-order valence-corrected chi connectivity index (χ4v) is 2.39. The number of aliphatic imine (C=N–C) groups is 1. The van der Waals surface area contributed by atoms with Crippen molar-refractivity contribution in [1.29, 1.82) is 0 Å². The molecule has 0 saturated carbocycles. The van der Waals surface area contributed by atoms with Crippen LogP contribution in [0, 0.1) is 0 Å². The Kier molecular flexibility index (Phi) is 9.26. The van der Waals surface area contributed by atoms with Gasteiger partial charge >= 0.3 is 0 Å². The summed E-state index contributed by atoms with van der Waals surface area (Å²) in [4.78, 5) is 4.56. The Balaban J connectivity index is 5.33. The maximum Gasteiger partial charge on any atom is 0.190 e. The van der Waals surface area contributed by atoms with Crippen LogP contribution >= 0.6 is 0 Å². The number of sulfone groups is 1. The summed E-state index contributed by atoms with van der Waals surface area (Å²) in [5, 5.41) is 3.25. The molecule has 0 atom stereocenters. The molecule has 0 aromatic heterocycles.